The summed E-state index contributed by atoms with van der Waals surface area (Å²) < 4.78 is 17.2. The van der Waals surface area contributed by atoms with Gasteiger partial charge in [-0.1, -0.05) is 12.1 Å². The number of carbonyl (C=O) groups is 1. The predicted octanol–water partition coefficient (Wildman–Crippen LogP) is 2.04. The Kier molecular flexibility index (Phi) is 5.63. The van der Waals surface area contributed by atoms with Crippen LogP contribution in [0, 0.1) is 5.82 Å². The van der Waals surface area contributed by atoms with Crippen molar-refractivity contribution < 1.29 is 13.9 Å². The monoisotopic (exact) mass is 239 g/mol. The first-order valence-electron chi connectivity index (χ1n) is 5.68. The lowest BCUT2D eigenvalue weighted by molar-refractivity contribution is -0.140. The van der Waals surface area contributed by atoms with Crippen molar-refractivity contribution in [3.63, 3.8) is 0 Å². The van der Waals surface area contributed by atoms with Crippen LogP contribution in [0.25, 0.3) is 0 Å². The molecule has 1 rings (SSSR count). The second-order valence-corrected chi connectivity index (χ2v) is 4.04. The Morgan fingerprint density at radius 1 is 1.35 bits per heavy atom. The summed E-state index contributed by atoms with van der Waals surface area (Å²) in [6.07, 6.45) is 2.54. The fourth-order valence-electron chi connectivity index (χ4n) is 1.55. The molecular formula is C13H18FNO2. The molecular weight excluding hydrogens is 221 g/mol. The van der Waals surface area contributed by atoms with E-state index in [0.29, 0.717) is 12.8 Å². The summed E-state index contributed by atoms with van der Waals surface area (Å²) >= 11 is 0. The van der Waals surface area contributed by atoms with E-state index in [-0.39, 0.29) is 17.8 Å². The molecule has 17 heavy (non-hydrogen) atoms. The van der Waals surface area contributed by atoms with E-state index >= 15 is 0 Å². The molecule has 0 saturated carbocycles. The molecule has 0 spiro atoms. The van der Waals surface area contributed by atoms with Gasteiger partial charge in [-0.25, -0.2) is 4.39 Å². The van der Waals surface area contributed by atoms with Crippen LogP contribution >= 0.6 is 0 Å². The van der Waals surface area contributed by atoms with E-state index < -0.39 is 0 Å². The molecule has 0 radical (unpaired) electrons. The van der Waals surface area contributed by atoms with Crippen molar-refractivity contribution in [2.75, 3.05) is 7.11 Å². The van der Waals surface area contributed by atoms with Gasteiger partial charge in [0.25, 0.3) is 0 Å². The molecule has 0 amide bonds. The van der Waals surface area contributed by atoms with Crippen LogP contribution in [0.5, 0.6) is 0 Å². The Balaban J connectivity index is 2.25. The van der Waals surface area contributed by atoms with Gasteiger partial charge in [0, 0.05) is 12.5 Å². The average molecular weight is 239 g/mol. The Bertz CT molecular complexity index is 351. The van der Waals surface area contributed by atoms with Crippen LogP contribution in [0.2, 0.25) is 0 Å². The van der Waals surface area contributed by atoms with Crippen molar-refractivity contribution in [3.05, 3.63) is 35.6 Å². The third-order valence-electron chi connectivity index (χ3n) is 2.66. The fraction of sp³-hybridized carbons (Fsp3) is 0.462. The van der Waals surface area contributed by atoms with E-state index in [1.165, 1.54) is 19.2 Å². The molecule has 0 aliphatic heterocycles. The fourth-order valence-corrected chi connectivity index (χ4v) is 1.55. The lowest BCUT2D eigenvalue weighted by atomic mass is 10.0. The van der Waals surface area contributed by atoms with Crippen molar-refractivity contribution >= 4 is 5.97 Å². The molecule has 0 fully saturated rings. The molecule has 0 bridgehead atoms. The number of methoxy groups -OCH3 is 1. The third-order valence-corrected chi connectivity index (χ3v) is 2.66. The van der Waals surface area contributed by atoms with Gasteiger partial charge in [0.1, 0.15) is 5.82 Å². The van der Waals surface area contributed by atoms with E-state index in [2.05, 4.69) is 4.74 Å². The highest BCUT2D eigenvalue weighted by atomic mass is 19.1. The number of hydrogen-bond donors (Lipinski definition) is 1. The second kappa shape index (κ2) is 7.01. The summed E-state index contributed by atoms with van der Waals surface area (Å²) in [4.78, 5) is 10.9. The number of halogens is 1. The molecule has 0 heterocycles. The maximum Gasteiger partial charge on any atom is 0.305 e. The summed E-state index contributed by atoms with van der Waals surface area (Å²) in [5.41, 5.74) is 6.93. The maximum absolute atomic E-state index is 12.7. The average Bonchev–Trinajstić information content (AvgIpc) is 2.35. The van der Waals surface area contributed by atoms with E-state index in [0.717, 1.165) is 18.4 Å². The number of benzene rings is 1. The first kappa shape index (κ1) is 13.6. The van der Waals surface area contributed by atoms with Gasteiger partial charge in [0.15, 0.2) is 0 Å². The van der Waals surface area contributed by atoms with Gasteiger partial charge in [-0.15, -0.1) is 0 Å². The zero-order valence-corrected chi connectivity index (χ0v) is 9.99. The van der Waals surface area contributed by atoms with Crippen LogP contribution in [-0.4, -0.2) is 19.1 Å². The zero-order valence-electron chi connectivity index (χ0n) is 9.99. The molecule has 1 aromatic carbocycles. The number of ether oxygens (including phenoxy) is 1. The topological polar surface area (TPSA) is 52.3 Å². The Morgan fingerprint density at radius 2 is 2.00 bits per heavy atom. The summed E-state index contributed by atoms with van der Waals surface area (Å²) in [5.74, 6) is -0.467. The van der Waals surface area contributed by atoms with Crippen molar-refractivity contribution in [2.45, 2.75) is 31.7 Å². The van der Waals surface area contributed by atoms with Crippen LogP contribution < -0.4 is 5.73 Å². The molecule has 3 nitrogen and oxygen atoms in total. The van der Waals surface area contributed by atoms with Gasteiger partial charge in [-0.3, -0.25) is 4.79 Å². The normalized spacial score (nSPS) is 12.2. The summed E-state index contributed by atoms with van der Waals surface area (Å²) in [6.45, 7) is 0. The minimum absolute atomic E-state index is 0.0286. The van der Waals surface area contributed by atoms with Crippen LogP contribution in [-0.2, 0) is 16.0 Å². The number of carbonyl (C=O) groups excluding carboxylic acids is 1. The van der Waals surface area contributed by atoms with Crippen LogP contribution in [0.15, 0.2) is 24.3 Å². The smallest absolute Gasteiger partial charge is 0.305 e. The van der Waals surface area contributed by atoms with Gasteiger partial charge in [-0.05, 0) is 37.0 Å². The molecule has 2 N–H and O–H groups in total. The Labute approximate surface area is 101 Å². The SMILES string of the molecule is COC(=O)CCC(N)CCc1ccc(F)cc1. The number of hydrogen-bond acceptors (Lipinski definition) is 3. The van der Waals surface area contributed by atoms with E-state index in [4.69, 9.17) is 5.73 Å². The highest BCUT2D eigenvalue weighted by Crippen LogP contribution is 2.09. The molecule has 1 unspecified atom stereocenters. The standard InChI is InChI=1S/C13H18FNO2/c1-17-13(16)9-8-12(15)7-4-10-2-5-11(14)6-3-10/h2-3,5-6,12H,4,7-9,15H2,1H3. The quantitative estimate of drug-likeness (QED) is 0.773. The van der Waals surface area contributed by atoms with Gasteiger partial charge >= 0.3 is 5.97 Å². The van der Waals surface area contributed by atoms with E-state index in [9.17, 15) is 9.18 Å². The molecule has 0 aromatic heterocycles. The third kappa shape index (κ3) is 5.45. The highest BCUT2D eigenvalue weighted by molar-refractivity contribution is 5.69. The zero-order chi connectivity index (χ0) is 12.7. The van der Waals surface area contributed by atoms with Crippen LogP contribution in [0.4, 0.5) is 4.39 Å². The Morgan fingerprint density at radius 3 is 2.59 bits per heavy atom. The van der Waals surface area contributed by atoms with Gasteiger partial charge in [0.05, 0.1) is 7.11 Å². The predicted molar refractivity (Wildman–Crippen MR) is 63.9 cm³/mol. The first-order valence-corrected chi connectivity index (χ1v) is 5.68. The largest absolute Gasteiger partial charge is 0.469 e. The van der Waals surface area contributed by atoms with Gasteiger partial charge in [0.2, 0.25) is 0 Å². The molecule has 4 heteroatoms. The van der Waals surface area contributed by atoms with Crippen molar-refractivity contribution in [3.8, 4) is 0 Å². The summed E-state index contributed by atoms with van der Waals surface area (Å²) in [6, 6.07) is 6.36. The van der Waals surface area contributed by atoms with E-state index in [1.807, 2.05) is 0 Å². The maximum atomic E-state index is 12.7. The van der Waals surface area contributed by atoms with Crippen LogP contribution in [0.3, 0.4) is 0 Å². The molecule has 94 valence electrons. The van der Waals surface area contributed by atoms with Crippen LogP contribution in [0.1, 0.15) is 24.8 Å². The molecule has 0 saturated heterocycles. The van der Waals surface area contributed by atoms with Gasteiger partial charge in [-0.2, -0.15) is 0 Å². The number of esters is 1. The van der Waals surface area contributed by atoms with Gasteiger partial charge < -0.3 is 10.5 Å². The van der Waals surface area contributed by atoms with E-state index in [1.54, 1.807) is 12.1 Å². The Hall–Kier alpha value is -1.42. The highest BCUT2D eigenvalue weighted by Gasteiger charge is 2.07. The minimum Gasteiger partial charge on any atom is -0.469 e. The second-order valence-electron chi connectivity index (χ2n) is 4.04. The molecule has 1 atom stereocenters. The molecule has 0 aliphatic carbocycles. The number of aryl methyl sites for hydroxylation is 1. The van der Waals surface area contributed by atoms with Crippen molar-refractivity contribution in [2.24, 2.45) is 5.73 Å². The molecule has 1 aromatic rings. The lowest BCUT2D eigenvalue weighted by Gasteiger charge is -2.10. The molecule has 0 aliphatic rings. The first-order chi connectivity index (χ1) is 8.11. The lowest BCUT2D eigenvalue weighted by Crippen LogP contribution is -2.22. The number of rotatable bonds is 6. The summed E-state index contributed by atoms with van der Waals surface area (Å²) in [7, 11) is 1.37. The minimum atomic E-state index is -0.234. The van der Waals surface area contributed by atoms with Crippen molar-refractivity contribution in [1.29, 1.82) is 0 Å². The summed E-state index contributed by atoms with van der Waals surface area (Å²) in [5, 5.41) is 0. The number of nitrogens with two attached hydrogens (primary N) is 1. The van der Waals surface area contributed by atoms with Crippen molar-refractivity contribution in [1.82, 2.24) is 0 Å².